The van der Waals surface area contributed by atoms with E-state index in [1.165, 1.54) is 12.8 Å². The second-order valence-electron chi connectivity index (χ2n) is 5.92. The van der Waals surface area contributed by atoms with Gasteiger partial charge in [-0.1, -0.05) is 36.8 Å². The van der Waals surface area contributed by atoms with E-state index in [4.69, 9.17) is 0 Å². The zero-order chi connectivity index (χ0) is 13.9. The van der Waals surface area contributed by atoms with Gasteiger partial charge in [0.1, 0.15) is 0 Å². The maximum atomic E-state index is 12.9. The summed E-state index contributed by atoms with van der Waals surface area (Å²) in [6.45, 7) is 2.69. The molecule has 2 unspecified atom stereocenters. The van der Waals surface area contributed by atoms with Crippen LogP contribution in [0, 0.1) is 0 Å². The second-order valence-corrected chi connectivity index (χ2v) is 5.92. The molecular formula is C16H22F2N2. The van der Waals surface area contributed by atoms with Crippen LogP contribution in [0.15, 0.2) is 30.3 Å². The fourth-order valence-corrected chi connectivity index (χ4v) is 3.61. The lowest BCUT2D eigenvalue weighted by molar-refractivity contribution is -0.0210. The summed E-state index contributed by atoms with van der Waals surface area (Å²) in [6.07, 6.45) is 1.38. The first-order chi connectivity index (χ1) is 9.74. The van der Waals surface area contributed by atoms with Crippen molar-refractivity contribution in [3.8, 4) is 0 Å². The molecule has 0 amide bonds. The summed E-state index contributed by atoms with van der Waals surface area (Å²) in [7, 11) is 0. The standard InChI is InChI=1S/C16H22F2N2/c17-16(18)12-20-10-14-8-4-5-9-19(14)11-15(20)13-6-2-1-3-7-13/h1-3,6-7,14-16H,4-5,8-12H2. The van der Waals surface area contributed by atoms with Gasteiger partial charge in [0.25, 0.3) is 6.43 Å². The van der Waals surface area contributed by atoms with Crippen LogP contribution in [0.5, 0.6) is 0 Å². The van der Waals surface area contributed by atoms with E-state index in [0.29, 0.717) is 6.04 Å². The highest BCUT2D eigenvalue weighted by atomic mass is 19.3. The van der Waals surface area contributed by atoms with E-state index in [1.807, 2.05) is 23.1 Å². The van der Waals surface area contributed by atoms with Crippen LogP contribution in [0.25, 0.3) is 0 Å². The van der Waals surface area contributed by atoms with Gasteiger partial charge in [0.2, 0.25) is 0 Å². The number of hydrogen-bond donors (Lipinski definition) is 0. The average Bonchev–Trinajstić information content (AvgIpc) is 2.47. The molecule has 0 saturated carbocycles. The maximum absolute atomic E-state index is 12.9. The van der Waals surface area contributed by atoms with E-state index in [-0.39, 0.29) is 12.6 Å². The molecule has 1 aromatic carbocycles. The zero-order valence-corrected chi connectivity index (χ0v) is 11.7. The molecule has 110 valence electrons. The van der Waals surface area contributed by atoms with Gasteiger partial charge in [0, 0.05) is 25.2 Å². The summed E-state index contributed by atoms with van der Waals surface area (Å²) >= 11 is 0. The predicted octanol–water partition coefficient (Wildman–Crippen LogP) is 3.16. The van der Waals surface area contributed by atoms with Crippen LogP contribution in [0.2, 0.25) is 0 Å². The van der Waals surface area contributed by atoms with Crippen molar-refractivity contribution in [2.24, 2.45) is 0 Å². The minimum Gasteiger partial charge on any atom is -0.297 e. The van der Waals surface area contributed by atoms with Crippen molar-refractivity contribution in [3.63, 3.8) is 0 Å². The van der Waals surface area contributed by atoms with Gasteiger partial charge in [-0.2, -0.15) is 0 Å². The summed E-state index contributed by atoms with van der Waals surface area (Å²) in [6, 6.07) is 10.7. The van der Waals surface area contributed by atoms with E-state index in [2.05, 4.69) is 17.0 Å². The number of hydrogen-bond acceptors (Lipinski definition) is 2. The SMILES string of the molecule is FC(F)CN1CC2CCCCN2CC1c1ccccc1. The summed E-state index contributed by atoms with van der Waals surface area (Å²) < 4.78 is 25.8. The number of alkyl halides is 2. The molecule has 2 nitrogen and oxygen atoms in total. The fraction of sp³-hybridized carbons (Fsp3) is 0.625. The topological polar surface area (TPSA) is 6.48 Å². The van der Waals surface area contributed by atoms with Crippen LogP contribution in [-0.4, -0.2) is 48.4 Å². The van der Waals surface area contributed by atoms with Crippen LogP contribution < -0.4 is 0 Å². The quantitative estimate of drug-likeness (QED) is 0.839. The molecule has 1 aromatic rings. The number of rotatable bonds is 3. The van der Waals surface area contributed by atoms with Gasteiger partial charge in [-0.05, 0) is 24.9 Å². The Labute approximate surface area is 119 Å². The van der Waals surface area contributed by atoms with Gasteiger partial charge in [-0.3, -0.25) is 9.80 Å². The average molecular weight is 280 g/mol. The molecule has 0 N–H and O–H groups in total. The van der Waals surface area contributed by atoms with E-state index in [1.54, 1.807) is 0 Å². The zero-order valence-electron chi connectivity index (χ0n) is 11.7. The smallest absolute Gasteiger partial charge is 0.251 e. The summed E-state index contributed by atoms with van der Waals surface area (Å²) in [5.74, 6) is 0. The van der Waals surface area contributed by atoms with E-state index < -0.39 is 6.43 Å². The highest BCUT2D eigenvalue weighted by Crippen LogP contribution is 2.32. The van der Waals surface area contributed by atoms with Crippen LogP contribution in [0.4, 0.5) is 8.78 Å². The van der Waals surface area contributed by atoms with Crippen molar-refractivity contribution in [1.29, 1.82) is 0 Å². The van der Waals surface area contributed by atoms with Crippen molar-refractivity contribution in [2.75, 3.05) is 26.2 Å². The highest BCUT2D eigenvalue weighted by molar-refractivity contribution is 5.20. The third-order valence-electron chi connectivity index (χ3n) is 4.60. The summed E-state index contributed by atoms with van der Waals surface area (Å²) in [5, 5.41) is 0. The monoisotopic (exact) mass is 280 g/mol. The Morgan fingerprint density at radius 1 is 1.10 bits per heavy atom. The third kappa shape index (κ3) is 3.01. The first kappa shape index (κ1) is 14.0. The third-order valence-corrected chi connectivity index (χ3v) is 4.60. The van der Waals surface area contributed by atoms with Gasteiger partial charge in [-0.15, -0.1) is 0 Å². The Balaban J connectivity index is 1.80. The summed E-state index contributed by atoms with van der Waals surface area (Å²) in [4.78, 5) is 4.50. The number of fused-ring (bicyclic) bond motifs is 1. The van der Waals surface area contributed by atoms with Crippen LogP contribution in [0.1, 0.15) is 30.9 Å². The van der Waals surface area contributed by atoms with Crippen molar-refractivity contribution < 1.29 is 8.78 Å². The molecule has 4 heteroatoms. The minimum atomic E-state index is -2.25. The lowest BCUT2D eigenvalue weighted by Gasteiger charge is -2.48. The maximum Gasteiger partial charge on any atom is 0.251 e. The second kappa shape index (κ2) is 6.19. The van der Waals surface area contributed by atoms with E-state index >= 15 is 0 Å². The number of halogens is 2. The molecule has 3 rings (SSSR count). The predicted molar refractivity (Wildman–Crippen MR) is 76.0 cm³/mol. The number of benzene rings is 1. The minimum absolute atomic E-state index is 0.107. The van der Waals surface area contributed by atoms with Crippen molar-refractivity contribution in [2.45, 2.75) is 37.8 Å². The lowest BCUT2D eigenvalue weighted by atomic mass is 9.93. The van der Waals surface area contributed by atoms with Gasteiger partial charge in [0.05, 0.1) is 6.54 Å². The number of piperazine rings is 1. The number of nitrogens with zero attached hydrogens (tertiary/aromatic N) is 2. The summed E-state index contributed by atoms with van der Waals surface area (Å²) in [5.41, 5.74) is 1.16. The van der Waals surface area contributed by atoms with Gasteiger partial charge < -0.3 is 0 Å². The van der Waals surface area contributed by atoms with Gasteiger partial charge >= 0.3 is 0 Å². The van der Waals surface area contributed by atoms with E-state index in [9.17, 15) is 8.78 Å². The Morgan fingerprint density at radius 3 is 2.65 bits per heavy atom. The van der Waals surface area contributed by atoms with Gasteiger partial charge in [0.15, 0.2) is 0 Å². The lowest BCUT2D eigenvalue weighted by Crippen LogP contribution is -2.56. The molecule has 2 saturated heterocycles. The molecule has 0 radical (unpaired) electrons. The normalized spacial score (nSPS) is 28.6. The Kier molecular flexibility index (Phi) is 4.32. The molecular weight excluding hydrogens is 258 g/mol. The van der Waals surface area contributed by atoms with Crippen LogP contribution >= 0.6 is 0 Å². The first-order valence-electron chi connectivity index (χ1n) is 7.55. The van der Waals surface area contributed by atoms with Crippen molar-refractivity contribution in [3.05, 3.63) is 35.9 Å². The highest BCUT2D eigenvalue weighted by Gasteiger charge is 2.36. The molecule has 20 heavy (non-hydrogen) atoms. The van der Waals surface area contributed by atoms with Crippen LogP contribution in [0.3, 0.4) is 0 Å². The molecule has 2 fully saturated rings. The molecule has 2 heterocycles. The van der Waals surface area contributed by atoms with Crippen molar-refractivity contribution >= 4 is 0 Å². The Bertz CT molecular complexity index is 424. The fourth-order valence-electron chi connectivity index (χ4n) is 3.61. The molecule has 0 bridgehead atoms. The Morgan fingerprint density at radius 2 is 1.90 bits per heavy atom. The molecule has 2 aliphatic heterocycles. The Hall–Kier alpha value is -1.00. The number of piperidine rings is 1. The molecule has 2 aliphatic rings. The molecule has 0 aromatic heterocycles. The first-order valence-corrected chi connectivity index (χ1v) is 7.55. The molecule has 0 aliphatic carbocycles. The molecule has 2 atom stereocenters. The van der Waals surface area contributed by atoms with Gasteiger partial charge in [-0.25, -0.2) is 8.78 Å². The largest absolute Gasteiger partial charge is 0.297 e. The van der Waals surface area contributed by atoms with Crippen LogP contribution in [-0.2, 0) is 0 Å². The molecule has 0 spiro atoms. The van der Waals surface area contributed by atoms with E-state index in [0.717, 1.165) is 31.6 Å². The van der Waals surface area contributed by atoms with Crippen molar-refractivity contribution in [1.82, 2.24) is 9.80 Å².